The van der Waals surface area contributed by atoms with E-state index >= 15 is 0 Å². The number of hydrogen-bond acceptors (Lipinski definition) is 1. The van der Waals surface area contributed by atoms with Crippen LogP contribution in [0.4, 0.5) is 4.39 Å². The SMILES string of the molecule is CCc1cc(CCCC(=O)O)ccc1F. The monoisotopic (exact) mass is 210 g/mol. The Kier molecular flexibility index (Phi) is 4.28. The lowest BCUT2D eigenvalue weighted by molar-refractivity contribution is -0.137. The Hall–Kier alpha value is -1.38. The molecule has 0 unspecified atom stereocenters. The molecule has 1 aromatic carbocycles. The van der Waals surface area contributed by atoms with Gasteiger partial charge in [-0.05, 0) is 36.5 Å². The first kappa shape index (κ1) is 11.7. The standard InChI is InChI=1S/C12H15FO2/c1-2-10-8-9(6-7-11(10)13)4-3-5-12(14)15/h6-8H,2-5H2,1H3,(H,14,15). The molecule has 0 spiro atoms. The summed E-state index contributed by atoms with van der Waals surface area (Å²) in [6.45, 7) is 1.90. The normalized spacial score (nSPS) is 10.3. The third-order valence-electron chi connectivity index (χ3n) is 2.35. The van der Waals surface area contributed by atoms with Crippen LogP contribution in [0.1, 0.15) is 30.9 Å². The molecule has 0 radical (unpaired) electrons. The molecule has 3 heteroatoms. The summed E-state index contributed by atoms with van der Waals surface area (Å²) in [5, 5.41) is 8.48. The maximum atomic E-state index is 13.1. The average Bonchev–Trinajstić information content (AvgIpc) is 2.20. The average molecular weight is 210 g/mol. The maximum Gasteiger partial charge on any atom is 0.303 e. The first-order valence-corrected chi connectivity index (χ1v) is 5.12. The summed E-state index contributed by atoms with van der Waals surface area (Å²) in [6, 6.07) is 4.99. The summed E-state index contributed by atoms with van der Waals surface area (Å²) >= 11 is 0. The number of halogens is 1. The van der Waals surface area contributed by atoms with Gasteiger partial charge in [-0.1, -0.05) is 19.1 Å². The highest BCUT2D eigenvalue weighted by molar-refractivity contribution is 5.66. The zero-order valence-electron chi connectivity index (χ0n) is 8.79. The van der Waals surface area contributed by atoms with Crippen molar-refractivity contribution in [2.24, 2.45) is 0 Å². The van der Waals surface area contributed by atoms with E-state index in [4.69, 9.17) is 5.11 Å². The summed E-state index contributed by atoms with van der Waals surface area (Å²) in [6.07, 6.45) is 2.13. The highest BCUT2D eigenvalue weighted by atomic mass is 19.1. The molecule has 1 N–H and O–H groups in total. The van der Waals surface area contributed by atoms with Gasteiger partial charge in [0.1, 0.15) is 5.82 Å². The van der Waals surface area contributed by atoms with E-state index in [1.165, 1.54) is 6.07 Å². The van der Waals surface area contributed by atoms with Crippen LogP contribution in [-0.2, 0) is 17.6 Å². The molecule has 0 saturated heterocycles. The van der Waals surface area contributed by atoms with Gasteiger partial charge in [-0.3, -0.25) is 4.79 Å². The Bertz CT molecular complexity index is 347. The van der Waals surface area contributed by atoms with E-state index in [0.29, 0.717) is 24.8 Å². The topological polar surface area (TPSA) is 37.3 Å². The van der Waals surface area contributed by atoms with Gasteiger partial charge in [-0.25, -0.2) is 4.39 Å². The molecular weight excluding hydrogens is 195 g/mol. The largest absolute Gasteiger partial charge is 0.481 e. The van der Waals surface area contributed by atoms with Crippen LogP contribution in [0.3, 0.4) is 0 Å². The van der Waals surface area contributed by atoms with Crippen LogP contribution in [0.15, 0.2) is 18.2 Å². The number of aliphatic carboxylic acids is 1. The van der Waals surface area contributed by atoms with Gasteiger partial charge in [0.15, 0.2) is 0 Å². The predicted molar refractivity (Wildman–Crippen MR) is 56.4 cm³/mol. The molecule has 0 bridgehead atoms. The molecule has 0 atom stereocenters. The fourth-order valence-electron chi connectivity index (χ4n) is 1.50. The number of benzene rings is 1. The van der Waals surface area contributed by atoms with Crippen molar-refractivity contribution in [2.75, 3.05) is 0 Å². The van der Waals surface area contributed by atoms with E-state index < -0.39 is 5.97 Å². The van der Waals surface area contributed by atoms with Crippen LogP contribution in [-0.4, -0.2) is 11.1 Å². The van der Waals surface area contributed by atoms with Gasteiger partial charge in [0.2, 0.25) is 0 Å². The van der Waals surface area contributed by atoms with Crippen molar-refractivity contribution in [3.63, 3.8) is 0 Å². The fraction of sp³-hybridized carbons (Fsp3) is 0.417. The van der Waals surface area contributed by atoms with Crippen molar-refractivity contribution in [3.8, 4) is 0 Å². The second-order valence-corrected chi connectivity index (χ2v) is 3.53. The predicted octanol–water partition coefficient (Wildman–Crippen LogP) is 2.80. The number of carbonyl (C=O) groups is 1. The summed E-state index contributed by atoms with van der Waals surface area (Å²) in [7, 11) is 0. The molecule has 0 aromatic heterocycles. The van der Waals surface area contributed by atoms with Crippen LogP contribution in [0.5, 0.6) is 0 Å². The highest BCUT2D eigenvalue weighted by Crippen LogP contribution is 2.13. The molecule has 0 heterocycles. The third-order valence-corrected chi connectivity index (χ3v) is 2.35. The quantitative estimate of drug-likeness (QED) is 0.811. The number of carboxylic acid groups (broad SMARTS) is 1. The first-order chi connectivity index (χ1) is 7.13. The van der Waals surface area contributed by atoms with Crippen molar-refractivity contribution >= 4 is 5.97 Å². The first-order valence-electron chi connectivity index (χ1n) is 5.12. The zero-order valence-corrected chi connectivity index (χ0v) is 8.79. The molecule has 0 amide bonds. The summed E-state index contributed by atoms with van der Waals surface area (Å²) in [5.41, 5.74) is 1.71. The Morgan fingerprint density at radius 2 is 2.20 bits per heavy atom. The minimum atomic E-state index is -0.784. The van der Waals surface area contributed by atoms with Gasteiger partial charge in [-0.2, -0.15) is 0 Å². The minimum Gasteiger partial charge on any atom is -0.481 e. The lowest BCUT2D eigenvalue weighted by atomic mass is 10.0. The number of hydrogen-bond donors (Lipinski definition) is 1. The van der Waals surface area contributed by atoms with Crippen molar-refractivity contribution in [3.05, 3.63) is 35.1 Å². The second-order valence-electron chi connectivity index (χ2n) is 3.53. The molecule has 82 valence electrons. The Morgan fingerprint density at radius 1 is 1.47 bits per heavy atom. The number of rotatable bonds is 5. The van der Waals surface area contributed by atoms with E-state index in [-0.39, 0.29) is 12.2 Å². The van der Waals surface area contributed by atoms with Gasteiger partial charge in [0.25, 0.3) is 0 Å². The summed E-state index contributed by atoms with van der Waals surface area (Å²) < 4.78 is 13.1. The van der Waals surface area contributed by atoms with E-state index in [0.717, 1.165) is 5.56 Å². The maximum absolute atomic E-state index is 13.1. The van der Waals surface area contributed by atoms with E-state index in [2.05, 4.69) is 0 Å². The van der Waals surface area contributed by atoms with Crippen LogP contribution in [0.2, 0.25) is 0 Å². The Balaban J connectivity index is 2.58. The van der Waals surface area contributed by atoms with Gasteiger partial charge < -0.3 is 5.11 Å². The van der Waals surface area contributed by atoms with Gasteiger partial charge >= 0.3 is 5.97 Å². The molecular formula is C12H15FO2. The molecule has 2 nitrogen and oxygen atoms in total. The fourth-order valence-corrected chi connectivity index (χ4v) is 1.50. The lowest BCUT2D eigenvalue weighted by Gasteiger charge is -2.04. The summed E-state index contributed by atoms with van der Waals surface area (Å²) in [5.74, 6) is -0.965. The minimum absolute atomic E-state index is 0.166. The van der Waals surface area contributed by atoms with Crippen molar-refractivity contribution in [1.82, 2.24) is 0 Å². The van der Waals surface area contributed by atoms with Gasteiger partial charge in [-0.15, -0.1) is 0 Å². The number of aryl methyl sites for hydroxylation is 2. The molecule has 0 aliphatic heterocycles. The van der Waals surface area contributed by atoms with Crippen LogP contribution in [0.25, 0.3) is 0 Å². The zero-order chi connectivity index (χ0) is 11.3. The number of carboxylic acids is 1. The van der Waals surface area contributed by atoms with Gasteiger partial charge in [0, 0.05) is 6.42 Å². The molecule has 1 aromatic rings. The molecule has 0 aliphatic rings. The molecule has 1 rings (SSSR count). The molecule has 15 heavy (non-hydrogen) atoms. The van der Waals surface area contributed by atoms with Crippen molar-refractivity contribution < 1.29 is 14.3 Å². The highest BCUT2D eigenvalue weighted by Gasteiger charge is 2.02. The van der Waals surface area contributed by atoms with E-state index in [9.17, 15) is 9.18 Å². The van der Waals surface area contributed by atoms with Crippen LogP contribution >= 0.6 is 0 Å². The van der Waals surface area contributed by atoms with Crippen LogP contribution < -0.4 is 0 Å². The van der Waals surface area contributed by atoms with E-state index in [1.807, 2.05) is 13.0 Å². The lowest BCUT2D eigenvalue weighted by Crippen LogP contribution is -1.97. The summed E-state index contributed by atoms with van der Waals surface area (Å²) in [4.78, 5) is 10.3. The van der Waals surface area contributed by atoms with Crippen molar-refractivity contribution in [1.29, 1.82) is 0 Å². The van der Waals surface area contributed by atoms with Gasteiger partial charge in [0.05, 0.1) is 0 Å². The third kappa shape index (κ3) is 3.70. The molecule has 0 fully saturated rings. The van der Waals surface area contributed by atoms with Crippen molar-refractivity contribution in [2.45, 2.75) is 32.6 Å². The van der Waals surface area contributed by atoms with E-state index in [1.54, 1.807) is 6.07 Å². The molecule has 0 saturated carbocycles. The van der Waals surface area contributed by atoms with Crippen LogP contribution in [0, 0.1) is 5.82 Å². The smallest absolute Gasteiger partial charge is 0.303 e. The Labute approximate surface area is 88.7 Å². The second kappa shape index (κ2) is 5.49. The molecule has 0 aliphatic carbocycles. The Morgan fingerprint density at radius 3 is 2.80 bits per heavy atom.